The molecule has 0 aromatic carbocycles. The van der Waals surface area contributed by atoms with Crippen LogP contribution in [0.1, 0.15) is 72.1 Å². The number of ketones is 1. The zero-order valence-corrected chi connectivity index (χ0v) is 20.1. The van der Waals surface area contributed by atoms with Gasteiger partial charge in [-0.2, -0.15) is 0 Å². The molecule has 0 aromatic rings. The molecule has 7 heteroatoms. The fourth-order valence-corrected chi connectivity index (χ4v) is 7.66. The van der Waals surface area contributed by atoms with Crippen molar-refractivity contribution in [2.24, 2.45) is 28.6 Å². The number of hydrogen-bond donors (Lipinski definition) is 0. The maximum Gasteiger partial charge on any atom is 0.351 e. The second kappa shape index (κ2) is 8.06. The topological polar surface area (TPSA) is 69.7 Å². The van der Waals surface area contributed by atoms with E-state index < -0.39 is 27.8 Å². The summed E-state index contributed by atoms with van der Waals surface area (Å²) in [6.07, 6.45) is 8.26. The fourth-order valence-electron chi connectivity index (χ4n) is 7.57. The van der Waals surface area contributed by atoms with E-state index in [1.54, 1.807) is 6.92 Å². The molecule has 4 rings (SSSR count). The summed E-state index contributed by atoms with van der Waals surface area (Å²) in [5, 5.41) is 0. The highest BCUT2D eigenvalue weighted by Gasteiger charge is 2.69. The van der Waals surface area contributed by atoms with E-state index in [9.17, 15) is 14.4 Å². The number of carbonyl (C=O) groups is 3. The summed E-state index contributed by atoms with van der Waals surface area (Å²) in [4.78, 5) is 36.4. The van der Waals surface area contributed by atoms with Crippen molar-refractivity contribution in [2.75, 3.05) is 6.61 Å². The van der Waals surface area contributed by atoms with Gasteiger partial charge in [0.15, 0.2) is 5.78 Å². The fraction of sp³-hybridized carbons (Fsp3) is 0.792. The lowest BCUT2D eigenvalue weighted by molar-refractivity contribution is -0.204. The molecule has 0 unspecified atom stereocenters. The quantitative estimate of drug-likeness (QED) is 0.418. The van der Waals surface area contributed by atoms with Gasteiger partial charge >= 0.3 is 11.9 Å². The van der Waals surface area contributed by atoms with Crippen LogP contribution in [0.15, 0.2) is 11.6 Å². The zero-order chi connectivity index (χ0) is 22.6. The second-order valence-electron chi connectivity index (χ2n) is 10.2. The number of carbonyl (C=O) groups excluding carboxylic acids is 3. The largest absolute Gasteiger partial charge is 0.463 e. The van der Waals surface area contributed by atoms with Gasteiger partial charge in [0, 0.05) is 11.8 Å². The van der Waals surface area contributed by atoms with Crippen molar-refractivity contribution < 1.29 is 23.9 Å². The summed E-state index contributed by atoms with van der Waals surface area (Å²) in [6.45, 7) is 6.38. The van der Waals surface area contributed by atoms with Gasteiger partial charge in [-0.15, -0.1) is 0 Å². The molecule has 0 amide bonds. The first-order chi connectivity index (χ1) is 14.6. The summed E-state index contributed by atoms with van der Waals surface area (Å²) >= 11 is 11.6. The third-order valence-corrected chi connectivity index (χ3v) is 9.50. The standard InChI is InChI=1S/C24H32Cl2O5/c1-4-30-21(29)24(31-20(28)19(25)26)12-9-18-16-6-5-14-13-15(27)7-10-22(14,2)17(16)8-11-23(18,24)3/h13,16-19H,4-12H2,1-3H3/t16-,17+,18+,22+,23+,24+/m1/s1. The monoisotopic (exact) mass is 470 g/mol. The molecule has 4 aliphatic rings. The zero-order valence-electron chi connectivity index (χ0n) is 18.5. The first kappa shape index (κ1) is 23.1. The van der Waals surface area contributed by atoms with E-state index in [4.69, 9.17) is 32.7 Å². The average molecular weight is 471 g/mol. The Morgan fingerprint density at radius 1 is 1.10 bits per heavy atom. The van der Waals surface area contributed by atoms with Crippen LogP contribution in [0.3, 0.4) is 0 Å². The van der Waals surface area contributed by atoms with Crippen LogP contribution in [-0.4, -0.2) is 34.8 Å². The Labute approximate surface area is 194 Å². The molecule has 0 aromatic heterocycles. The number of hydrogen-bond acceptors (Lipinski definition) is 5. The third kappa shape index (κ3) is 3.37. The predicted molar refractivity (Wildman–Crippen MR) is 118 cm³/mol. The summed E-state index contributed by atoms with van der Waals surface area (Å²) < 4.78 is 11.3. The van der Waals surface area contributed by atoms with E-state index in [2.05, 4.69) is 13.8 Å². The minimum Gasteiger partial charge on any atom is -0.463 e. The lowest BCUT2D eigenvalue weighted by Crippen LogP contribution is -2.60. The summed E-state index contributed by atoms with van der Waals surface area (Å²) in [7, 11) is 0. The van der Waals surface area contributed by atoms with Crippen LogP contribution in [0.25, 0.3) is 0 Å². The molecule has 4 aliphatic carbocycles. The van der Waals surface area contributed by atoms with Crippen molar-refractivity contribution in [3.63, 3.8) is 0 Å². The molecule has 0 radical (unpaired) electrons. The number of ether oxygens (including phenoxy) is 2. The molecular formula is C24H32Cl2O5. The van der Waals surface area contributed by atoms with Crippen LogP contribution >= 0.6 is 23.2 Å². The third-order valence-electron chi connectivity index (χ3n) is 9.14. The van der Waals surface area contributed by atoms with Gasteiger partial charge < -0.3 is 9.47 Å². The normalized spacial score (nSPS) is 41.7. The van der Waals surface area contributed by atoms with Gasteiger partial charge in [-0.05, 0) is 81.1 Å². The Bertz CT molecular complexity index is 823. The van der Waals surface area contributed by atoms with Crippen molar-refractivity contribution in [1.82, 2.24) is 0 Å². The molecule has 0 heterocycles. The van der Waals surface area contributed by atoms with Crippen LogP contribution in [-0.2, 0) is 23.9 Å². The molecule has 3 fully saturated rings. The Balaban J connectivity index is 1.69. The molecule has 0 aliphatic heterocycles. The molecule has 31 heavy (non-hydrogen) atoms. The minimum atomic E-state index is -1.35. The van der Waals surface area contributed by atoms with E-state index >= 15 is 0 Å². The van der Waals surface area contributed by atoms with Crippen molar-refractivity contribution in [1.29, 1.82) is 0 Å². The van der Waals surface area contributed by atoms with E-state index in [1.807, 2.05) is 6.08 Å². The molecule has 172 valence electrons. The molecule has 0 bridgehead atoms. The SMILES string of the molecule is CCOC(=O)[C@@]1(OC(=O)C(Cl)Cl)CC[C@H]2[C@@H]3CCC4=CC(=O)CC[C@]4(C)[C@H]3CC[C@@]21C. The van der Waals surface area contributed by atoms with E-state index in [-0.39, 0.29) is 23.7 Å². The van der Waals surface area contributed by atoms with Gasteiger partial charge in [-0.1, -0.05) is 42.6 Å². The number of allylic oxidation sites excluding steroid dienone is 1. The Morgan fingerprint density at radius 2 is 1.81 bits per heavy atom. The Hall–Kier alpha value is -1.07. The Morgan fingerprint density at radius 3 is 2.48 bits per heavy atom. The van der Waals surface area contributed by atoms with Crippen LogP contribution in [0.5, 0.6) is 0 Å². The van der Waals surface area contributed by atoms with Gasteiger partial charge in [0.05, 0.1) is 6.61 Å². The number of halogens is 2. The molecule has 3 saturated carbocycles. The maximum atomic E-state index is 13.2. The first-order valence-electron chi connectivity index (χ1n) is 11.5. The van der Waals surface area contributed by atoms with Crippen molar-refractivity contribution in [3.8, 4) is 0 Å². The molecule has 0 spiro atoms. The molecule has 0 saturated heterocycles. The lowest BCUT2D eigenvalue weighted by atomic mass is 9.46. The van der Waals surface area contributed by atoms with Crippen molar-refractivity contribution >= 4 is 40.9 Å². The van der Waals surface area contributed by atoms with E-state index in [1.165, 1.54) is 5.57 Å². The summed E-state index contributed by atoms with van der Waals surface area (Å²) in [5.74, 6) is 0.118. The number of alkyl halides is 2. The predicted octanol–water partition coefficient (Wildman–Crippen LogP) is 5.17. The van der Waals surface area contributed by atoms with Crippen LogP contribution < -0.4 is 0 Å². The Kier molecular flexibility index (Phi) is 6.00. The first-order valence-corrected chi connectivity index (χ1v) is 12.4. The van der Waals surface area contributed by atoms with Gasteiger partial charge in [-0.3, -0.25) is 4.79 Å². The molecule has 0 N–H and O–H groups in total. The second-order valence-corrected chi connectivity index (χ2v) is 11.3. The number of esters is 2. The number of fused-ring (bicyclic) bond motifs is 5. The highest BCUT2D eigenvalue weighted by Crippen LogP contribution is 2.68. The highest BCUT2D eigenvalue weighted by atomic mass is 35.5. The van der Waals surface area contributed by atoms with Gasteiger partial charge in [0.25, 0.3) is 0 Å². The average Bonchev–Trinajstić information content (AvgIpc) is 3.02. The maximum absolute atomic E-state index is 13.2. The minimum absolute atomic E-state index is 0.0430. The molecular weight excluding hydrogens is 439 g/mol. The number of rotatable bonds is 4. The molecule has 5 nitrogen and oxygen atoms in total. The summed E-state index contributed by atoms with van der Waals surface area (Å²) in [6, 6.07) is 0. The van der Waals surface area contributed by atoms with E-state index in [0.29, 0.717) is 24.7 Å². The summed E-state index contributed by atoms with van der Waals surface area (Å²) in [5.41, 5.74) is -0.527. The lowest BCUT2D eigenvalue weighted by Gasteiger charge is -2.58. The van der Waals surface area contributed by atoms with Crippen LogP contribution in [0.4, 0.5) is 0 Å². The van der Waals surface area contributed by atoms with E-state index in [0.717, 1.165) is 38.5 Å². The van der Waals surface area contributed by atoms with Crippen molar-refractivity contribution in [2.45, 2.75) is 82.6 Å². The molecule has 6 atom stereocenters. The van der Waals surface area contributed by atoms with Gasteiger partial charge in [-0.25, -0.2) is 9.59 Å². The smallest absolute Gasteiger partial charge is 0.351 e. The van der Waals surface area contributed by atoms with Crippen LogP contribution in [0.2, 0.25) is 0 Å². The van der Waals surface area contributed by atoms with Gasteiger partial charge in [0.2, 0.25) is 10.4 Å². The highest BCUT2D eigenvalue weighted by molar-refractivity contribution is 6.53. The van der Waals surface area contributed by atoms with Crippen LogP contribution in [0, 0.1) is 28.6 Å². The van der Waals surface area contributed by atoms with Crippen molar-refractivity contribution in [3.05, 3.63) is 11.6 Å². The van der Waals surface area contributed by atoms with Gasteiger partial charge in [0.1, 0.15) is 0 Å².